The normalized spacial score (nSPS) is 11.6. The Morgan fingerprint density at radius 2 is 2.17 bits per heavy atom. The second-order valence-corrected chi connectivity index (χ2v) is 4.62. The van der Waals surface area contributed by atoms with Gasteiger partial charge < -0.3 is 10.4 Å². The maximum atomic E-state index is 11.9. The van der Waals surface area contributed by atoms with Crippen LogP contribution in [-0.4, -0.2) is 38.7 Å². The number of anilines is 1. The number of aromatic carboxylic acids is 1. The van der Waals surface area contributed by atoms with Crippen LogP contribution in [0.5, 0.6) is 0 Å². The third-order valence-corrected chi connectivity index (χ3v) is 2.83. The molecule has 1 aromatic rings. The van der Waals surface area contributed by atoms with Crippen molar-refractivity contribution in [1.29, 1.82) is 0 Å². The van der Waals surface area contributed by atoms with Crippen LogP contribution >= 0.6 is 11.8 Å². The Balaban J connectivity index is 2.65. The molecule has 0 aliphatic carbocycles. The lowest BCUT2D eigenvalue weighted by molar-refractivity contribution is -0.0327. The number of hydrogen-bond acceptors (Lipinski definition) is 4. The highest BCUT2D eigenvalue weighted by Crippen LogP contribution is 2.29. The summed E-state index contributed by atoms with van der Waals surface area (Å²) in [5.41, 5.74) is -3.98. The Morgan fingerprint density at radius 1 is 1.56 bits per heavy atom. The van der Waals surface area contributed by atoms with Gasteiger partial charge in [-0.25, -0.2) is 4.79 Å². The van der Waals surface area contributed by atoms with E-state index in [1.807, 2.05) is 0 Å². The summed E-state index contributed by atoms with van der Waals surface area (Å²) in [6.45, 7) is 1.53. The van der Waals surface area contributed by atoms with E-state index in [0.29, 0.717) is 5.69 Å². The monoisotopic (exact) mass is 283 g/mol. The van der Waals surface area contributed by atoms with Crippen molar-refractivity contribution in [3.63, 3.8) is 0 Å². The molecular weight excluding hydrogens is 271 g/mol. The van der Waals surface area contributed by atoms with Gasteiger partial charge in [-0.1, -0.05) is 0 Å². The van der Waals surface area contributed by atoms with Gasteiger partial charge in [-0.3, -0.25) is 4.68 Å². The molecule has 9 heteroatoms. The minimum Gasteiger partial charge on any atom is -0.477 e. The minimum atomic E-state index is -4.28. The van der Waals surface area contributed by atoms with Crippen LogP contribution in [0.1, 0.15) is 16.1 Å². The topological polar surface area (TPSA) is 67.2 Å². The van der Waals surface area contributed by atoms with Crippen LogP contribution in [0.15, 0.2) is 0 Å². The fourth-order valence-corrected chi connectivity index (χ4v) is 1.89. The Morgan fingerprint density at radius 3 is 2.67 bits per heavy atom. The minimum absolute atomic E-state index is 0.00340. The van der Waals surface area contributed by atoms with Crippen LogP contribution in [0.4, 0.5) is 19.0 Å². The van der Waals surface area contributed by atoms with Crippen molar-refractivity contribution in [2.45, 2.75) is 12.4 Å². The van der Waals surface area contributed by atoms with Crippen LogP contribution < -0.4 is 5.32 Å². The average Bonchev–Trinajstić information content (AvgIpc) is 2.46. The molecule has 5 nitrogen and oxygen atoms in total. The van der Waals surface area contributed by atoms with E-state index in [1.54, 1.807) is 0 Å². The number of carboxylic acid groups (broad SMARTS) is 1. The van der Waals surface area contributed by atoms with Crippen molar-refractivity contribution >= 4 is 23.5 Å². The highest BCUT2D eigenvalue weighted by atomic mass is 32.2. The van der Waals surface area contributed by atoms with Gasteiger partial charge in [-0.15, -0.1) is 0 Å². The quantitative estimate of drug-likeness (QED) is 0.810. The highest BCUT2D eigenvalue weighted by Gasteiger charge is 2.27. The van der Waals surface area contributed by atoms with Crippen LogP contribution in [0, 0.1) is 6.92 Å². The Kier molecular flexibility index (Phi) is 4.49. The molecule has 102 valence electrons. The number of aryl methyl sites for hydroxylation is 2. The molecule has 0 amide bonds. The predicted octanol–water partition coefficient (Wildman–Crippen LogP) is 2.09. The molecule has 0 saturated heterocycles. The third-order valence-electron chi connectivity index (χ3n) is 2.10. The molecule has 0 radical (unpaired) electrons. The molecule has 1 rings (SSSR count). The lowest BCUT2D eigenvalue weighted by Gasteiger charge is -2.09. The first-order chi connectivity index (χ1) is 8.22. The van der Waals surface area contributed by atoms with E-state index in [9.17, 15) is 18.0 Å². The molecule has 0 saturated carbocycles. The Bertz CT molecular complexity index is 445. The van der Waals surface area contributed by atoms with Crippen LogP contribution in [0.25, 0.3) is 0 Å². The zero-order chi connectivity index (χ0) is 13.9. The molecule has 2 N–H and O–H groups in total. The van der Waals surface area contributed by atoms with E-state index < -0.39 is 11.5 Å². The smallest absolute Gasteiger partial charge is 0.441 e. The summed E-state index contributed by atoms with van der Waals surface area (Å²) in [6, 6.07) is 0. The van der Waals surface area contributed by atoms with Crippen LogP contribution in [0.3, 0.4) is 0 Å². The molecule has 0 aromatic carbocycles. The first kappa shape index (κ1) is 14.7. The molecular formula is C9H12F3N3O2S. The van der Waals surface area contributed by atoms with Gasteiger partial charge in [0.05, 0.1) is 5.69 Å². The zero-order valence-corrected chi connectivity index (χ0v) is 10.5. The van der Waals surface area contributed by atoms with Gasteiger partial charge in [-0.2, -0.15) is 18.3 Å². The first-order valence-corrected chi connectivity index (χ1v) is 5.92. The number of aromatic nitrogens is 2. The number of halogens is 3. The van der Waals surface area contributed by atoms with Crippen LogP contribution in [-0.2, 0) is 7.05 Å². The van der Waals surface area contributed by atoms with Crippen molar-refractivity contribution in [1.82, 2.24) is 9.78 Å². The van der Waals surface area contributed by atoms with Gasteiger partial charge in [0.2, 0.25) is 0 Å². The number of alkyl halides is 3. The molecule has 0 atom stereocenters. The van der Waals surface area contributed by atoms with Crippen molar-refractivity contribution in [3.8, 4) is 0 Å². The number of nitrogens with one attached hydrogen (secondary N) is 1. The fraction of sp³-hybridized carbons (Fsp3) is 0.556. The summed E-state index contributed by atoms with van der Waals surface area (Å²) in [4.78, 5) is 11.0. The fourth-order valence-electron chi connectivity index (χ4n) is 1.45. The lowest BCUT2D eigenvalue weighted by Crippen LogP contribution is -2.13. The second kappa shape index (κ2) is 5.51. The van der Waals surface area contributed by atoms with Gasteiger partial charge >= 0.3 is 11.5 Å². The lowest BCUT2D eigenvalue weighted by atomic mass is 10.2. The molecule has 0 aliphatic heterocycles. The molecule has 0 unspecified atom stereocenters. The second-order valence-electron chi connectivity index (χ2n) is 3.46. The number of carbonyl (C=O) groups is 1. The maximum absolute atomic E-state index is 11.9. The van der Waals surface area contributed by atoms with Crippen molar-refractivity contribution in [2.75, 3.05) is 17.6 Å². The summed E-state index contributed by atoms with van der Waals surface area (Å²) < 4.78 is 37.0. The van der Waals surface area contributed by atoms with E-state index >= 15 is 0 Å². The number of carboxylic acids is 1. The summed E-state index contributed by atoms with van der Waals surface area (Å²) in [5.74, 6) is -1.15. The van der Waals surface area contributed by atoms with Crippen molar-refractivity contribution < 1.29 is 23.1 Å². The summed E-state index contributed by atoms with van der Waals surface area (Å²) in [6.07, 6.45) is 0. The van der Waals surface area contributed by atoms with E-state index in [0.717, 1.165) is 0 Å². The number of hydrogen-bond donors (Lipinski definition) is 2. The maximum Gasteiger partial charge on any atom is 0.441 e. The number of nitrogens with zero attached hydrogens (tertiary/aromatic N) is 2. The number of thioether (sulfide) groups is 1. The van der Waals surface area contributed by atoms with E-state index in [2.05, 4.69) is 10.4 Å². The van der Waals surface area contributed by atoms with Gasteiger partial charge in [0.25, 0.3) is 0 Å². The Hall–Kier alpha value is -1.38. The Labute approximate surface area is 105 Å². The first-order valence-electron chi connectivity index (χ1n) is 4.94. The predicted molar refractivity (Wildman–Crippen MR) is 61.9 cm³/mol. The van der Waals surface area contributed by atoms with E-state index in [4.69, 9.17) is 5.11 Å². The molecule has 0 fully saturated rings. The standard InChI is InChI=1S/C9H12F3N3O2S/c1-5-6(8(16)17)7(15(2)14-5)13-3-4-18-9(10,11)12/h13H,3-4H2,1-2H3,(H,16,17). The molecule has 0 spiro atoms. The molecule has 0 bridgehead atoms. The van der Waals surface area contributed by atoms with E-state index in [-0.39, 0.29) is 35.4 Å². The highest BCUT2D eigenvalue weighted by molar-refractivity contribution is 8.00. The van der Waals surface area contributed by atoms with Gasteiger partial charge in [0.1, 0.15) is 11.4 Å². The van der Waals surface area contributed by atoms with Gasteiger partial charge in [0, 0.05) is 19.3 Å². The third kappa shape index (κ3) is 3.83. The largest absolute Gasteiger partial charge is 0.477 e. The summed E-state index contributed by atoms with van der Waals surface area (Å²) in [5, 5.41) is 15.5. The average molecular weight is 283 g/mol. The SMILES string of the molecule is Cc1nn(C)c(NCCSC(F)(F)F)c1C(=O)O. The molecule has 0 aliphatic rings. The summed E-state index contributed by atoms with van der Waals surface area (Å²) in [7, 11) is 1.53. The zero-order valence-electron chi connectivity index (χ0n) is 9.71. The molecule has 1 aromatic heterocycles. The molecule has 18 heavy (non-hydrogen) atoms. The summed E-state index contributed by atoms with van der Waals surface area (Å²) >= 11 is -0.160. The van der Waals surface area contributed by atoms with Crippen molar-refractivity contribution in [3.05, 3.63) is 11.3 Å². The number of rotatable bonds is 5. The van der Waals surface area contributed by atoms with E-state index in [1.165, 1.54) is 18.7 Å². The van der Waals surface area contributed by atoms with Gasteiger partial charge in [-0.05, 0) is 18.7 Å². The van der Waals surface area contributed by atoms with Crippen molar-refractivity contribution in [2.24, 2.45) is 7.05 Å². The van der Waals surface area contributed by atoms with Gasteiger partial charge in [0.15, 0.2) is 0 Å². The van der Waals surface area contributed by atoms with Crippen LogP contribution in [0.2, 0.25) is 0 Å². The molecule has 1 heterocycles.